The average molecular weight is 393 g/mol. The van der Waals surface area contributed by atoms with Gasteiger partial charge < -0.3 is 9.47 Å². The second kappa shape index (κ2) is 9.05. The molecule has 0 radical (unpaired) electrons. The lowest BCUT2D eigenvalue weighted by Crippen LogP contribution is -2.46. The second-order valence-electron chi connectivity index (χ2n) is 6.92. The zero-order chi connectivity index (χ0) is 20.1. The summed E-state index contributed by atoms with van der Waals surface area (Å²) >= 11 is 0. The minimum absolute atomic E-state index is 0.101. The number of ether oxygens (including phenoxy) is 2. The Morgan fingerprint density at radius 1 is 1.25 bits per heavy atom. The van der Waals surface area contributed by atoms with Gasteiger partial charge in [-0.3, -0.25) is 29.0 Å². The van der Waals surface area contributed by atoms with E-state index in [9.17, 15) is 14.4 Å². The molecule has 10 nitrogen and oxygen atoms in total. The third kappa shape index (κ3) is 4.27. The molecular formula is C18H27N5O5. The topological polar surface area (TPSA) is 122 Å². The predicted molar refractivity (Wildman–Crippen MR) is 103 cm³/mol. The van der Waals surface area contributed by atoms with Crippen molar-refractivity contribution in [2.45, 2.75) is 51.6 Å². The van der Waals surface area contributed by atoms with E-state index in [1.165, 1.54) is 11.7 Å². The standard InChI is InChI=1S/C18H27N5O5/c1-3-4-11-28-17-20-14-13(15(24)21-17)19-18(26)23(14)10-9-22-8-6-5-7-12(22)16(25)27-2/h12H,3-11H2,1-2H3,(H,19,26)(H,20,21,24). The van der Waals surface area contributed by atoms with Crippen LogP contribution in [0.5, 0.6) is 6.01 Å². The monoisotopic (exact) mass is 393 g/mol. The van der Waals surface area contributed by atoms with Crippen molar-refractivity contribution in [3.63, 3.8) is 0 Å². The van der Waals surface area contributed by atoms with Gasteiger partial charge >= 0.3 is 11.7 Å². The van der Waals surface area contributed by atoms with Gasteiger partial charge in [0, 0.05) is 13.1 Å². The number of imidazole rings is 1. The van der Waals surface area contributed by atoms with Crippen LogP contribution in [0.25, 0.3) is 11.2 Å². The first-order valence-corrected chi connectivity index (χ1v) is 9.72. The van der Waals surface area contributed by atoms with Gasteiger partial charge in [-0.15, -0.1) is 0 Å². The molecule has 10 heteroatoms. The molecule has 1 aliphatic rings. The van der Waals surface area contributed by atoms with Gasteiger partial charge in [0.05, 0.1) is 13.7 Å². The minimum atomic E-state index is -0.447. The lowest BCUT2D eigenvalue weighted by molar-refractivity contribution is -0.148. The number of hydrogen-bond donors (Lipinski definition) is 2. The van der Waals surface area contributed by atoms with E-state index >= 15 is 0 Å². The summed E-state index contributed by atoms with van der Waals surface area (Å²) < 4.78 is 11.8. The van der Waals surface area contributed by atoms with Gasteiger partial charge in [-0.25, -0.2) is 4.79 Å². The highest BCUT2D eigenvalue weighted by atomic mass is 16.5. The van der Waals surface area contributed by atoms with Crippen molar-refractivity contribution in [2.75, 3.05) is 26.8 Å². The Bertz CT molecular complexity index is 931. The summed E-state index contributed by atoms with van der Waals surface area (Å²) in [4.78, 5) is 48.1. The molecule has 1 aliphatic heterocycles. The lowest BCUT2D eigenvalue weighted by Gasteiger charge is -2.33. The van der Waals surface area contributed by atoms with Crippen LogP contribution in [-0.4, -0.2) is 63.2 Å². The Kier molecular flexibility index (Phi) is 6.50. The molecule has 0 aromatic carbocycles. The number of carbonyl (C=O) groups is 1. The summed E-state index contributed by atoms with van der Waals surface area (Å²) in [5.74, 6) is -0.257. The van der Waals surface area contributed by atoms with Gasteiger partial charge in [-0.1, -0.05) is 19.8 Å². The number of likely N-dealkylation sites (tertiary alicyclic amines) is 1. The van der Waals surface area contributed by atoms with E-state index in [4.69, 9.17) is 9.47 Å². The fraction of sp³-hybridized carbons (Fsp3) is 0.667. The van der Waals surface area contributed by atoms with Crippen LogP contribution in [0.2, 0.25) is 0 Å². The molecule has 154 valence electrons. The number of carbonyl (C=O) groups excluding carboxylic acids is 1. The third-order valence-corrected chi connectivity index (χ3v) is 5.05. The van der Waals surface area contributed by atoms with E-state index in [-0.39, 0.29) is 29.2 Å². The van der Waals surface area contributed by atoms with Crippen molar-refractivity contribution >= 4 is 17.1 Å². The van der Waals surface area contributed by atoms with Crippen LogP contribution in [0.3, 0.4) is 0 Å². The van der Waals surface area contributed by atoms with Crippen molar-refractivity contribution < 1.29 is 14.3 Å². The van der Waals surface area contributed by atoms with E-state index in [0.717, 1.165) is 38.6 Å². The highest BCUT2D eigenvalue weighted by Crippen LogP contribution is 2.18. The van der Waals surface area contributed by atoms with Gasteiger partial charge in [0.25, 0.3) is 11.6 Å². The van der Waals surface area contributed by atoms with Crippen LogP contribution in [-0.2, 0) is 16.1 Å². The number of esters is 1. The van der Waals surface area contributed by atoms with Crippen molar-refractivity contribution in [1.82, 2.24) is 24.4 Å². The fourth-order valence-corrected chi connectivity index (χ4v) is 3.50. The Balaban J connectivity index is 1.82. The first-order chi connectivity index (χ1) is 13.5. The van der Waals surface area contributed by atoms with E-state index in [1.807, 2.05) is 11.8 Å². The largest absolute Gasteiger partial charge is 0.468 e. The summed E-state index contributed by atoms with van der Waals surface area (Å²) in [5.41, 5.74) is -0.481. The smallest absolute Gasteiger partial charge is 0.327 e. The van der Waals surface area contributed by atoms with Gasteiger partial charge in [-0.2, -0.15) is 4.98 Å². The average Bonchev–Trinajstić information content (AvgIpc) is 3.02. The molecule has 1 saturated heterocycles. The lowest BCUT2D eigenvalue weighted by atomic mass is 10.0. The molecule has 2 aromatic heterocycles. The molecule has 1 atom stereocenters. The summed E-state index contributed by atoms with van der Waals surface area (Å²) in [6.45, 7) is 4.02. The number of unbranched alkanes of at least 4 members (excludes halogenated alkanes) is 1. The summed E-state index contributed by atoms with van der Waals surface area (Å²) in [6.07, 6.45) is 4.50. The van der Waals surface area contributed by atoms with Crippen molar-refractivity contribution in [3.8, 4) is 6.01 Å². The van der Waals surface area contributed by atoms with Gasteiger partial charge in [0.1, 0.15) is 6.04 Å². The number of nitrogens with one attached hydrogen (secondary N) is 2. The maximum Gasteiger partial charge on any atom is 0.327 e. The second-order valence-corrected chi connectivity index (χ2v) is 6.92. The molecule has 28 heavy (non-hydrogen) atoms. The first kappa shape index (κ1) is 20.1. The van der Waals surface area contributed by atoms with Gasteiger partial charge in [0.2, 0.25) is 0 Å². The minimum Gasteiger partial charge on any atom is -0.468 e. The van der Waals surface area contributed by atoms with Crippen LogP contribution in [0.1, 0.15) is 39.0 Å². The van der Waals surface area contributed by atoms with Crippen LogP contribution in [0, 0.1) is 0 Å². The van der Waals surface area contributed by atoms with Crippen LogP contribution in [0.4, 0.5) is 0 Å². The molecule has 1 fully saturated rings. The maximum atomic E-state index is 12.4. The van der Waals surface area contributed by atoms with E-state index < -0.39 is 11.2 Å². The Morgan fingerprint density at radius 2 is 2.07 bits per heavy atom. The number of fused-ring (bicyclic) bond motifs is 1. The first-order valence-electron chi connectivity index (χ1n) is 9.72. The number of methoxy groups -OCH3 is 1. The molecule has 0 spiro atoms. The number of H-pyrrole nitrogens is 2. The molecule has 3 rings (SSSR count). The molecule has 3 heterocycles. The third-order valence-electron chi connectivity index (χ3n) is 5.05. The predicted octanol–water partition coefficient (Wildman–Crippen LogP) is 0.619. The summed E-state index contributed by atoms with van der Waals surface area (Å²) in [6, 6.07) is -0.201. The summed E-state index contributed by atoms with van der Waals surface area (Å²) in [5, 5.41) is 0. The van der Waals surface area contributed by atoms with E-state index in [2.05, 4.69) is 15.0 Å². The Hall–Kier alpha value is -2.62. The molecule has 0 saturated carbocycles. The maximum absolute atomic E-state index is 12.4. The molecule has 1 unspecified atom stereocenters. The SMILES string of the molecule is CCCCOc1nc2c([nH]c(=O)n2CCN2CCCCC2C(=O)OC)c(=O)[nH]1. The van der Waals surface area contributed by atoms with E-state index in [0.29, 0.717) is 19.7 Å². The molecular weight excluding hydrogens is 366 g/mol. The van der Waals surface area contributed by atoms with Crippen LogP contribution >= 0.6 is 0 Å². The number of hydrogen-bond acceptors (Lipinski definition) is 7. The number of aromatic nitrogens is 4. The number of nitrogens with zero attached hydrogens (tertiary/aromatic N) is 3. The van der Waals surface area contributed by atoms with Gasteiger partial charge in [-0.05, 0) is 25.8 Å². The van der Waals surface area contributed by atoms with E-state index in [1.54, 1.807) is 0 Å². The van der Waals surface area contributed by atoms with Crippen LogP contribution < -0.4 is 16.0 Å². The highest BCUT2D eigenvalue weighted by Gasteiger charge is 2.29. The molecule has 2 N–H and O–H groups in total. The summed E-state index contributed by atoms with van der Waals surface area (Å²) in [7, 11) is 1.38. The number of aromatic amines is 2. The van der Waals surface area contributed by atoms with Crippen molar-refractivity contribution in [1.29, 1.82) is 0 Å². The zero-order valence-electron chi connectivity index (χ0n) is 16.3. The quantitative estimate of drug-likeness (QED) is 0.498. The van der Waals surface area contributed by atoms with Crippen molar-refractivity contribution in [2.24, 2.45) is 0 Å². The van der Waals surface area contributed by atoms with Gasteiger partial charge in [0.15, 0.2) is 11.2 Å². The Labute approximate surface area is 161 Å². The number of rotatable bonds is 8. The Morgan fingerprint density at radius 3 is 2.82 bits per heavy atom. The van der Waals surface area contributed by atoms with Crippen molar-refractivity contribution in [3.05, 3.63) is 20.8 Å². The molecule has 0 aliphatic carbocycles. The number of piperidine rings is 1. The van der Waals surface area contributed by atoms with Crippen LogP contribution in [0.15, 0.2) is 9.59 Å². The normalized spacial score (nSPS) is 17.7. The molecule has 2 aromatic rings. The molecule has 0 amide bonds. The highest BCUT2D eigenvalue weighted by molar-refractivity contribution is 5.75. The fourth-order valence-electron chi connectivity index (χ4n) is 3.50. The zero-order valence-corrected chi connectivity index (χ0v) is 16.3. The molecule has 0 bridgehead atoms.